The Kier molecular flexibility index (Phi) is 6.39. The molecule has 0 bridgehead atoms. The number of carbonyl (C=O) groups excluding carboxylic acids is 1. The van der Waals surface area contributed by atoms with Gasteiger partial charge in [-0.3, -0.25) is 4.79 Å². The van der Waals surface area contributed by atoms with Crippen molar-refractivity contribution in [3.63, 3.8) is 0 Å². The summed E-state index contributed by atoms with van der Waals surface area (Å²) in [5, 5.41) is 0. The molecule has 0 aromatic carbocycles. The van der Waals surface area contributed by atoms with Crippen LogP contribution in [0.15, 0.2) is 30.5 Å². The minimum atomic E-state index is -4.52. The second-order valence-corrected chi connectivity index (χ2v) is 8.88. The van der Waals surface area contributed by atoms with E-state index in [0.29, 0.717) is 37.6 Å². The first kappa shape index (κ1) is 24.2. The predicted octanol–water partition coefficient (Wildman–Crippen LogP) is 4.83. The Morgan fingerprint density at radius 2 is 1.82 bits per heavy atom. The third-order valence-corrected chi connectivity index (χ3v) is 6.49. The lowest BCUT2D eigenvalue weighted by molar-refractivity contribution is -0.137. The number of alkyl halides is 5. The third kappa shape index (κ3) is 5.23. The summed E-state index contributed by atoms with van der Waals surface area (Å²) in [6, 6.07) is 5.38. The van der Waals surface area contributed by atoms with E-state index in [4.69, 9.17) is 0 Å². The second-order valence-electron chi connectivity index (χ2n) is 8.88. The van der Waals surface area contributed by atoms with Gasteiger partial charge >= 0.3 is 6.18 Å². The normalized spacial score (nSPS) is 18.9. The number of anilines is 3. The molecule has 0 spiro atoms. The first-order chi connectivity index (χ1) is 15.9. The second kappa shape index (κ2) is 8.99. The summed E-state index contributed by atoms with van der Waals surface area (Å²) in [6.07, 6.45) is -2.33. The number of hydrogen-bond donors (Lipinski definition) is 0. The quantitative estimate of drug-likeness (QED) is 0.583. The summed E-state index contributed by atoms with van der Waals surface area (Å²) in [5.41, 5.74) is 0.0220. The highest BCUT2D eigenvalue weighted by Crippen LogP contribution is 2.37. The number of likely N-dealkylation sites (tertiary alicyclic amines) is 1. The van der Waals surface area contributed by atoms with Crippen molar-refractivity contribution >= 4 is 23.4 Å². The van der Waals surface area contributed by atoms with Crippen LogP contribution in [0.2, 0.25) is 0 Å². The number of nitrogens with zero attached hydrogens (tertiary/aromatic N) is 5. The smallest absolute Gasteiger partial charge is 0.350 e. The standard InChI is InChI=1S/C23H26F5N5O/c1-15(34)32-8-4-16(5-9-32)17-11-20(30-21(12-17)33-10-6-22(24,25)14-33)31(2)19-13-18(3-7-29-19)23(26,27)28/h3,7,11-13,16H,4-6,8-10,14H2,1-2H3. The molecule has 184 valence electrons. The van der Waals surface area contributed by atoms with E-state index >= 15 is 0 Å². The lowest BCUT2D eigenvalue weighted by Gasteiger charge is -2.32. The lowest BCUT2D eigenvalue weighted by Crippen LogP contribution is -2.36. The number of rotatable bonds is 4. The average Bonchev–Trinajstić information content (AvgIpc) is 3.17. The molecule has 2 aromatic rings. The number of hydrogen-bond acceptors (Lipinski definition) is 5. The fraction of sp³-hybridized carbons (Fsp3) is 0.522. The molecule has 2 fully saturated rings. The van der Waals surface area contributed by atoms with Crippen LogP contribution in [0.25, 0.3) is 0 Å². The number of halogens is 5. The highest BCUT2D eigenvalue weighted by atomic mass is 19.4. The Hall–Kier alpha value is -2.98. The maximum atomic E-state index is 13.9. The molecule has 11 heteroatoms. The van der Waals surface area contributed by atoms with Crippen LogP contribution in [0.3, 0.4) is 0 Å². The molecular formula is C23H26F5N5O. The average molecular weight is 483 g/mol. The van der Waals surface area contributed by atoms with E-state index in [9.17, 15) is 26.7 Å². The van der Waals surface area contributed by atoms with Gasteiger partial charge in [0.15, 0.2) is 0 Å². The Labute approximate surface area is 194 Å². The Bertz CT molecular complexity index is 1050. The fourth-order valence-electron chi connectivity index (χ4n) is 4.45. The SMILES string of the molecule is CC(=O)N1CCC(c2cc(N3CCC(F)(F)C3)nc(N(C)c3cc(C(F)(F)F)ccn3)c2)CC1. The van der Waals surface area contributed by atoms with E-state index in [0.717, 1.165) is 23.9 Å². The van der Waals surface area contributed by atoms with Crippen LogP contribution in [0, 0.1) is 0 Å². The van der Waals surface area contributed by atoms with E-state index in [1.807, 2.05) is 0 Å². The molecule has 2 aliphatic heterocycles. The van der Waals surface area contributed by atoms with Crippen LogP contribution in [0.4, 0.5) is 39.4 Å². The van der Waals surface area contributed by atoms with E-state index in [2.05, 4.69) is 9.97 Å². The maximum Gasteiger partial charge on any atom is 0.416 e. The molecule has 2 aromatic heterocycles. The number of aromatic nitrogens is 2. The molecule has 2 aliphatic rings. The molecule has 4 heterocycles. The van der Waals surface area contributed by atoms with Gasteiger partial charge in [0.05, 0.1) is 12.1 Å². The van der Waals surface area contributed by atoms with Gasteiger partial charge in [0.2, 0.25) is 5.91 Å². The Balaban J connectivity index is 1.68. The topological polar surface area (TPSA) is 52.6 Å². The molecule has 6 nitrogen and oxygen atoms in total. The van der Waals surface area contributed by atoms with Crippen LogP contribution < -0.4 is 9.80 Å². The van der Waals surface area contributed by atoms with Crippen molar-refractivity contribution in [2.75, 3.05) is 43.0 Å². The van der Waals surface area contributed by atoms with Gasteiger partial charge in [-0.25, -0.2) is 18.7 Å². The van der Waals surface area contributed by atoms with Crippen molar-refractivity contribution in [2.24, 2.45) is 0 Å². The Morgan fingerprint density at radius 3 is 2.41 bits per heavy atom. The van der Waals surface area contributed by atoms with Gasteiger partial charge in [-0.15, -0.1) is 0 Å². The summed E-state index contributed by atoms with van der Waals surface area (Å²) in [6.45, 7) is 2.36. The van der Waals surface area contributed by atoms with Crippen molar-refractivity contribution in [3.05, 3.63) is 41.6 Å². The van der Waals surface area contributed by atoms with Gasteiger partial charge in [0.1, 0.15) is 17.5 Å². The van der Waals surface area contributed by atoms with E-state index in [1.54, 1.807) is 24.1 Å². The molecule has 1 amide bonds. The van der Waals surface area contributed by atoms with E-state index < -0.39 is 24.2 Å². The van der Waals surface area contributed by atoms with Crippen LogP contribution in [0.1, 0.15) is 43.2 Å². The zero-order valence-electron chi connectivity index (χ0n) is 18.9. The monoisotopic (exact) mass is 483 g/mol. The molecule has 0 radical (unpaired) electrons. The van der Waals surface area contributed by atoms with Crippen LogP contribution in [-0.2, 0) is 11.0 Å². The van der Waals surface area contributed by atoms with Crippen molar-refractivity contribution in [1.82, 2.24) is 14.9 Å². The minimum absolute atomic E-state index is 0.00390. The van der Waals surface area contributed by atoms with Crippen LogP contribution >= 0.6 is 0 Å². The third-order valence-electron chi connectivity index (χ3n) is 6.49. The van der Waals surface area contributed by atoms with Gasteiger partial charge < -0.3 is 14.7 Å². The van der Waals surface area contributed by atoms with Crippen LogP contribution in [0.5, 0.6) is 0 Å². The molecule has 0 saturated carbocycles. The van der Waals surface area contributed by atoms with Gasteiger partial charge in [-0.2, -0.15) is 13.2 Å². The molecular weight excluding hydrogens is 457 g/mol. The summed E-state index contributed by atoms with van der Waals surface area (Å²) in [5.74, 6) is -2.02. The summed E-state index contributed by atoms with van der Waals surface area (Å²) in [4.78, 5) is 25.0. The summed E-state index contributed by atoms with van der Waals surface area (Å²) >= 11 is 0. The molecule has 2 saturated heterocycles. The summed E-state index contributed by atoms with van der Waals surface area (Å²) in [7, 11) is 1.55. The first-order valence-electron chi connectivity index (χ1n) is 11.1. The van der Waals surface area contributed by atoms with Crippen molar-refractivity contribution in [3.8, 4) is 0 Å². The number of amides is 1. The van der Waals surface area contributed by atoms with Crippen LogP contribution in [-0.4, -0.2) is 59.9 Å². The fourth-order valence-corrected chi connectivity index (χ4v) is 4.45. The highest BCUT2D eigenvalue weighted by molar-refractivity contribution is 5.73. The van der Waals surface area contributed by atoms with Crippen molar-refractivity contribution in [2.45, 2.75) is 44.2 Å². The Morgan fingerprint density at radius 1 is 1.12 bits per heavy atom. The molecule has 0 unspecified atom stereocenters. The maximum absolute atomic E-state index is 13.9. The number of pyridine rings is 2. The van der Waals surface area contributed by atoms with E-state index in [-0.39, 0.29) is 30.6 Å². The largest absolute Gasteiger partial charge is 0.416 e. The van der Waals surface area contributed by atoms with E-state index in [1.165, 1.54) is 16.7 Å². The van der Waals surface area contributed by atoms with Crippen molar-refractivity contribution < 1.29 is 26.7 Å². The molecule has 4 rings (SSSR count). The van der Waals surface area contributed by atoms with Crippen molar-refractivity contribution in [1.29, 1.82) is 0 Å². The predicted molar refractivity (Wildman–Crippen MR) is 118 cm³/mol. The zero-order valence-corrected chi connectivity index (χ0v) is 18.9. The minimum Gasteiger partial charge on any atom is -0.350 e. The van der Waals surface area contributed by atoms with Gasteiger partial charge in [0.25, 0.3) is 5.92 Å². The lowest BCUT2D eigenvalue weighted by atomic mass is 9.89. The highest BCUT2D eigenvalue weighted by Gasteiger charge is 2.39. The van der Waals surface area contributed by atoms with Gasteiger partial charge in [0, 0.05) is 46.2 Å². The van der Waals surface area contributed by atoms with Gasteiger partial charge in [-0.05, 0) is 48.6 Å². The van der Waals surface area contributed by atoms with Gasteiger partial charge in [-0.1, -0.05) is 0 Å². The number of carbonyl (C=O) groups is 1. The molecule has 0 N–H and O–H groups in total. The summed E-state index contributed by atoms with van der Waals surface area (Å²) < 4.78 is 67.4. The molecule has 0 aliphatic carbocycles. The number of piperidine rings is 1. The molecule has 34 heavy (non-hydrogen) atoms. The first-order valence-corrected chi connectivity index (χ1v) is 11.1. The molecule has 0 atom stereocenters. The zero-order chi connectivity index (χ0) is 24.7.